The van der Waals surface area contributed by atoms with Gasteiger partial charge in [-0.2, -0.15) is 5.10 Å². The van der Waals surface area contributed by atoms with Gasteiger partial charge >= 0.3 is 0 Å². The van der Waals surface area contributed by atoms with Crippen LogP contribution in [0.5, 0.6) is 0 Å². The molecule has 0 bridgehead atoms. The highest BCUT2D eigenvalue weighted by molar-refractivity contribution is 5.93. The van der Waals surface area contributed by atoms with Crippen LogP contribution >= 0.6 is 0 Å². The van der Waals surface area contributed by atoms with Crippen LogP contribution in [0.4, 0.5) is 0 Å². The molecule has 2 rings (SSSR count). The van der Waals surface area contributed by atoms with E-state index in [1.54, 1.807) is 31.2 Å². The molecule has 0 fully saturated rings. The standard InChI is InChI=1S/C12H11N3O2/c1-7-6-10(16)14-15-11(7)8-2-4-9(5-3-8)12(13)17/h2-6H,1H3,(H2,13,17)(H,14,16). The van der Waals surface area contributed by atoms with Gasteiger partial charge in [-0.1, -0.05) is 12.1 Å². The van der Waals surface area contributed by atoms with Crippen molar-refractivity contribution < 1.29 is 4.79 Å². The van der Waals surface area contributed by atoms with Crippen LogP contribution in [-0.2, 0) is 0 Å². The average Bonchev–Trinajstić information content (AvgIpc) is 2.29. The van der Waals surface area contributed by atoms with Gasteiger partial charge in [0, 0.05) is 17.2 Å². The van der Waals surface area contributed by atoms with Gasteiger partial charge in [0.2, 0.25) is 5.91 Å². The smallest absolute Gasteiger partial charge is 0.264 e. The van der Waals surface area contributed by atoms with Gasteiger partial charge in [-0.3, -0.25) is 9.59 Å². The topological polar surface area (TPSA) is 88.8 Å². The molecule has 0 aliphatic carbocycles. The molecule has 1 aromatic heterocycles. The first kappa shape index (κ1) is 11.1. The number of benzene rings is 1. The first-order valence-electron chi connectivity index (χ1n) is 5.04. The molecule has 2 aromatic rings. The van der Waals surface area contributed by atoms with E-state index in [-0.39, 0.29) is 5.56 Å². The van der Waals surface area contributed by atoms with Gasteiger partial charge in [0.05, 0.1) is 5.69 Å². The van der Waals surface area contributed by atoms with E-state index in [9.17, 15) is 9.59 Å². The predicted octanol–water partition coefficient (Wildman–Crippen LogP) is 0.844. The van der Waals surface area contributed by atoms with Gasteiger partial charge in [-0.15, -0.1) is 0 Å². The lowest BCUT2D eigenvalue weighted by molar-refractivity contribution is 0.100. The van der Waals surface area contributed by atoms with E-state index < -0.39 is 5.91 Å². The Balaban J connectivity index is 2.46. The van der Waals surface area contributed by atoms with E-state index >= 15 is 0 Å². The maximum atomic E-state index is 11.0. The number of nitrogens with one attached hydrogen (secondary N) is 1. The zero-order valence-corrected chi connectivity index (χ0v) is 9.23. The van der Waals surface area contributed by atoms with Crippen molar-refractivity contribution in [2.24, 2.45) is 5.73 Å². The lowest BCUT2D eigenvalue weighted by Crippen LogP contribution is -2.11. The zero-order chi connectivity index (χ0) is 12.4. The summed E-state index contributed by atoms with van der Waals surface area (Å²) in [6, 6.07) is 8.22. The molecule has 86 valence electrons. The highest BCUT2D eigenvalue weighted by Crippen LogP contribution is 2.19. The van der Waals surface area contributed by atoms with Gasteiger partial charge in [0.25, 0.3) is 5.56 Å². The first-order chi connectivity index (χ1) is 8.08. The minimum atomic E-state index is -0.470. The third-order valence-corrected chi connectivity index (χ3v) is 2.44. The van der Waals surface area contributed by atoms with E-state index in [1.807, 2.05) is 0 Å². The van der Waals surface area contributed by atoms with E-state index in [0.29, 0.717) is 11.3 Å². The number of hydrogen-bond acceptors (Lipinski definition) is 3. The summed E-state index contributed by atoms with van der Waals surface area (Å²) in [7, 11) is 0. The van der Waals surface area contributed by atoms with Gasteiger partial charge in [-0.05, 0) is 24.6 Å². The van der Waals surface area contributed by atoms with Gasteiger partial charge in [0.1, 0.15) is 0 Å². The van der Waals surface area contributed by atoms with Gasteiger partial charge in [0.15, 0.2) is 0 Å². The largest absolute Gasteiger partial charge is 0.366 e. The predicted molar refractivity (Wildman–Crippen MR) is 63.5 cm³/mol. The second-order valence-electron chi connectivity index (χ2n) is 3.71. The van der Waals surface area contributed by atoms with Crippen LogP contribution in [0, 0.1) is 6.92 Å². The van der Waals surface area contributed by atoms with Crippen LogP contribution in [0.15, 0.2) is 35.1 Å². The summed E-state index contributed by atoms with van der Waals surface area (Å²) in [5.74, 6) is -0.470. The number of nitrogens with zero attached hydrogens (tertiary/aromatic N) is 1. The Hall–Kier alpha value is -2.43. The Kier molecular flexibility index (Phi) is 2.74. The van der Waals surface area contributed by atoms with Crippen molar-refractivity contribution in [2.45, 2.75) is 6.92 Å². The first-order valence-corrected chi connectivity index (χ1v) is 5.04. The molecule has 17 heavy (non-hydrogen) atoms. The SMILES string of the molecule is Cc1cc(=O)[nH]nc1-c1ccc(C(N)=O)cc1. The number of carbonyl (C=O) groups excluding carboxylic acids is 1. The number of H-pyrrole nitrogens is 1. The molecule has 5 heteroatoms. The van der Waals surface area contributed by atoms with E-state index in [2.05, 4.69) is 10.2 Å². The Morgan fingerprint density at radius 3 is 2.47 bits per heavy atom. The molecule has 0 unspecified atom stereocenters. The molecule has 3 N–H and O–H groups in total. The van der Waals surface area contributed by atoms with Crippen molar-refractivity contribution in [1.29, 1.82) is 0 Å². The minimum Gasteiger partial charge on any atom is -0.366 e. The second kappa shape index (κ2) is 4.21. The molecular weight excluding hydrogens is 218 g/mol. The summed E-state index contributed by atoms with van der Waals surface area (Å²) in [6.45, 7) is 1.81. The Morgan fingerprint density at radius 2 is 1.94 bits per heavy atom. The number of hydrogen-bond donors (Lipinski definition) is 2. The summed E-state index contributed by atoms with van der Waals surface area (Å²) in [4.78, 5) is 22.0. The van der Waals surface area contributed by atoms with Crippen LogP contribution in [0.3, 0.4) is 0 Å². The molecule has 0 saturated heterocycles. The lowest BCUT2D eigenvalue weighted by Gasteiger charge is -2.04. The maximum absolute atomic E-state index is 11.0. The maximum Gasteiger partial charge on any atom is 0.264 e. The number of rotatable bonds is 2. The second-order valence-corrected chi connectivity index (χ2v) is 3.71. The quantitative estimate of drug-likeness (QED) is 0.799. The summed E-state index contributed by atoms with van der Waals surface area (Å²) in [5, 5.41) is 6.35. The fourth-order valence-electron chi connectivity index (χ4n) is 1.58. The molecule has 1 aromatic carbocycles. The van der Waals surface area contributed by atoms with Crippen LogP contribution in [0.1, 0.15) is 15.9 Å². The summed E-state index contributed by atoms with van der Waals surface area (Å²) < 4.78 is 0. The normalized spacial score (nSPS) is 10.2. The van der Waals surface area contributed by atoms with Crippen molar-refractivity contribution in [3.8, 4) is 11.3 Å². The van der Waals surface area contributed by atoms with Crippen LogP contribution in [-0.4, -0.2) is 16.1 Å². The van der Waals surface area contributed by atoms with Crippen molar-refractivity contribution in [1.82, 2.24) is 10.2 Å². The molecule has 0 radical (unpaired) electrons. The average molecular weight is 229 g/mol. The molecule has 5 nitrogen and oxygen atoms in total. The monoisotopic (exact) mass is 229 g/mol. The Morgan fingerprint density at radius 1 is 1.29 bits per heavy atom. The number of amides is 1. The lowest BCUT2D eigenvalue weighted by atomic mass is 10.1. The molecule has 0 saturated carbocycles. The zero-order valence-electron chi connectivity index (χ0n) is 9.23. The molecule has 0 spiro atoms. The number of primary amides is 1. The number of aryl methyl sites for hydroxylation is 1. The molecule has 0 aliphatic rings. The van der Waals surface area contributed by atoms with E-state index in [0.717, 1.165) is 11.1 Å². The van der Waals surface area contributed by atoms with Gasteiger partial charge in [-0.25, -0.2) is 5.10 Å². The Bertz CT molecular complexity index is 614. The molecular formula is C12H11N3O2. The third-order valence-electron chi connectivity index (χ3n) is 2.44. The molecule has 1 amide bonds. The Labute approximate surface area is 97.3 Å². The van der Waals surface area contributed by atoms with E-state index in [1.165, 1.54) is 6.07 Å². The highest BCUT2D eigenvalue weighted by Gasteiger charge is 2.05. The molecule has 1 heterocycles. The third kappa shape index (κ3) is 2.23. The number of aromatic nitrogens is 2. The molecule has 0 atom stereocenters. The van der Waals surface area contributed by atoms with Crippen molar-refractivity contribution in [3.05, 3.63) is 51.8 Å². The van der Waals surface area contributed by atoms with Crippen LogP contribution < -0.4 is 11.3 Å². The fraction of sp³-hybridized carbons (Fsp3) is 0.0833. The number of nitrogens with two attached hydrogens (primary N) is 1. The van der Waals surface area contributed by atoms with Crippen LogP contribution in [0.2, 0.25) is 0 Å². The number of aromatic amines is 1. The van der Waals surface area contributed by atoms with Gasteiger partial charge < -0.3 is 5.73 Å². The van der Waals surface area contributed by atoms with Crippen molar-refractivity contribution in [3.63, 3.8) is 0 Å². The van der Waals surface area contributed by atoms with Crippen LogP contribution in [0.25, 0.3) is 11.3 Å². The highest BCUT2D eigenvalue weighted by atomic mass is 16.1. The van der Waals surface area contributed by atoms with Crippen molar-refractivity contribution >= 4 is 5.91 Å². The van der Waals surface area contributed by atoms with E-state index in [4.69, 9.17) is 5.73 Å². The fourth-order valence-corrected chi connectivity index (χ4v) is 1.58. The molecule has 0 aliphatic heterocycles. The number of carbonyl (C=O) groups is 1. The van der Waals surface area contributed by atoms with Crippen molar-refractivity contribution in [2.75, 3.05) is 0 Å². The summed E-state index contributed by atoms with van der Waals surface area (Å²) in [6.07, 6.45) is 0. The summed E-state index contributed by atoms with van der Waals surface area (Å²) >= 11 is 0. The minimum absolute atomic E-state index is 0.236. The summed E-state index contributed by atoms with van der Waals surface area (Å²) in [5.41, 5.74) is 7.64.